The lowest BCUT2D eigenvalue weighted by molar-refractivity contribution is -0.597. The van der Waals surface area contributed by atoms with Gasteiger partial charge in [0.15, 0.2) is 7.14 Å². The van der Waals surface area contributed by atoms with Crippen molar-refractivity contribution in [2.45, 2.75) is 40.0 Å². The predicted molar refractivity (Wildman–Crippen MR) is 94.5 cm³/mol. The molecule has 0 N–H and O–H groups in total. The SMILES string of the molecule is CC12CCC(CC1=O)C2(C)C.c1ccc([I+]c2ccccc2)cc1. The molecule has 2 saturated carbocycles. The van der Waals surface area contributed by atoms with E-state index in [4.69, 9.17) is 0 Å². The van der Waals surface area contributed by atoms with Crippen LogP contribution in [-0.2, 0) is 4.79 Å². The molecule has 0 spiro atoms. The Labute approximate surface area is 156 Å². The van der Waals surface area contributed by atoms with E-state index in [2.05, 4.69) is 81.4 Å². The molecule has 1 nitrogen and oxygen atoms in total. The Morgan fingerprint density at radius 2 is 1.38 bits per heavy atom. The summed E-state index contributed by atoms with van der Waals surface area (Å²) in [5.74, 6) is 1.19. The zero-order chi connectivity index (χ0) is 17.2. The Balaban J connectivity index is 0.000000143. The minimum absolute atomic E-state index is 0.0255. The summed E-state index contributed by atoms with van der Waals surface area (Å²) in [7, 11) is 0. The van der Waals surface area contributed by atoms with Gasteiger partial charge in [0, 0.05) is 11.8 Å². The second-order valence-electron chi connectivity index (χ2n) is 7.60. The highest BCUT2D eigenvalue weighted by Gasteiger charge is 2.61. The molecule has 2 atom stereocenters. The first kappa shape index (κ1) is 17.7. The van der Waals surface area contributed by atoms with E-state index < -0.39 is 0 Å². The zero-order valence-corrected chi connectivity index (χ0v) is 16.9. The lowest BCUT2D eigenvalue weighted by Gasteiger charge is -2.32. The van der Waals surface area contributed by atoms with Gasteiger partial charge in [-0.25, -0.2) is 0 Å². The van der Waals surface area contributed by atoms with Crippen molar-refractivity contribution in [1.29, 1.82) is 0 Å². The molecular formula is C22H26IO+. The number of halogens is 1. The molecule has 0 heterocycles. The molecule has 0 amide bonds. The van der Waals surface area contributed by atoms with Crippen molar-refractivity contribution in [3.05, 3.63) is 67.8 Å². The van der Waals surface area contributed by atoms with E-state index in [0.29, 0.717) is 11.7 Å². The summed E-state index contributed by atoms with van der Waals surface area (Å²) in [6, 6.07) is 21.4. The molecule has 2 fully saturated rings. The number of benzene rings is 2. The third kappa shape index (κ3) is 3.30. The summed E-state index contributed by atoms with van der Waals surface area (Å²) >= 11 is 0.0287. The fourth-order valence-electron chi connectivity index (χ4n) is 3.98. The maximum absolute atomic E-state index is 11.6. The largest absolute Gasteiger partial charge is 0.357 e. The summed E-state index contributed by atoms with van der Waals surface area (Å²) in [6.07, 6.45) is 3.25. The van der Waals surface area contributed by atoms with Crippen LogP contribution in [0.3, 0.4) is 0 Å². The van der Waals surface area contributed by atoms with E-state index in [1.165, 1.54) is 13.6 Å². The Kier molecular flexibility index (Phi) is 5.14. The molecule has 2 heteroatoms. The minimum Gasteiger partial charge on any atom is -0.299 e. The van der Waals surface area contributed by atoms with Crippen molar-refractivity contribution in [2.75, 3.05) is 0 Å². The molecule has 2 aromatic carbocycles. The molecule has 4 rings (SSSR count). The fourth-order valence-corrected chi connectivity index (χ4v) is 6.25. The van der Waals surface area contributed by atoms with Crippen molar-refractivity contribution in [1.82, 2.24) is 0 Å². The monoisotopic (exact) mass is 433 g/mol. The van der Waals surface area contributed by atoms with Gasteiger partial charge in [-0.15, -0.1) is 0 Å². The van der Waals surface area contributed by atoms with Gasteiger partial charge in [0.2, 0.25) is 0 Å². The molecular weight excluding hydrogens is 407 g/mol. The first-order chi connectivity index (χ1) is 11.4. The van der Waals surface area contributed by atoms with Crippen LogP contribution in [0.1, 0.15) is 40.0 Å². The number of fused-ring (bicyclic) bond motifs is 2. The van der Waals surface area contributed by atoms with Crippen molar-refractivity contribution >= 4 is 5.78 Å². The minimum atomic E-state index is 0.0255. The van der Waals surface area contributed by atoms with E-state index in [0.717, 1.165) is 12.8 Å². The van der Waals surface area contributed by atoms with E-state index in [1.54, 1.807) is 0 Å². The second kappa shape index (κ2) is 6.99. The van der Waals surface area contributed by atoms with Gasteiger partial charge in [-0.2, -0.15) is 0 Å². The van der Waals surface area contributed by atoms with Crippen molar-refractivity contribution in [3.8, 4) is 0 Å². The second-order valence-corrected chi connectivity index (χ2v) is 10.6. The summed E-state index contributed by atoms with van der Waals surface area (Å²) < 4.78 is 2.96. The molecule has 0 aromatic heterocycles. The lowest BCUT2D eigenvalue weighted by Crippen LogP contribution is -3.61. The molecule has 2 aromatic rings. The summed E-state index contributed by atoms with van der Waals surface area (Å²) in [5.41, 5.74) is 0.307. The molecule has 0 saturated heterocycles. The van der Waals surface area contributed by atoms with Gasteiger partial charge < -0.3 is 0 Å². The molecule has 0 aliphatic heterocycles. The topological polar surface area (TPSA) is 17.1 Å². The average Bonchev–Trinajstić information content (AvgIpc) is 2.90. The molecule has 2 unspecified atom stereocenters. The summed E-state index contributed by atoms with van der Waals surface area (Å²) in [5, 5.41) is 0. The van der Waals surface area contributed by atoms with Crippen LogP contribution >= 0.6 is 0 Å². The maximum Gasteiger partial charge on any atom is 0.357 e. The highest BCUT2D eigenvalue weighted by molar-refractivity contribution is 5.89. The predicted octanol–water partition coefficient (Wildman–Crippen LogP) is 2.22. The van der Waals surface area contributed by atoms with Gasteiger partial charge in [0.05, 0.1) is 0 Å². The maximum atomic E-state index is 11.6. The number of carbonyl (C=O) groups is 1. The first-order valence-electron chi connectivity index (χ1n) is 8.72. The number of ketones is 1. The van der Waals surface area contributed by atoms with Crippen molar-refractivity contribution in [3.63, 3.8) is 0 Å². The van der Waals surface area contributed by atoms with E-state index in [1.807, 2.05) is 0 Å². The third-order valence-electron chi connectivity index (χ3n) is 6.17. The van der Waals surface area contributed by atoms with Crippen LogP contribution in [0.5, 0.6) is 0 Å². The van der Waals surface area contributed by atoms with E-state index in [9.17, 15) is 4.79 Å². The number of hydrogen-bond acceptors (Lipinski definition) is 1. The smallest absolute Gasteiger partial charge is 0.299 e. The Hall–Kier alpha value is -1.16. The molecule has 2 aliphatic carbocycles. The molecule has 126 valence electrons. The van der Waals surface area contributed by atoms with Crippen LogP contribution in [0.4, 0.5) is 0 Å². The van der Waals surface area contributed by atoms with Crippen molar-refractivity contribution < 1.29 is 26.0 Å². The standard InChI is InChI=1S/C12H10I.C10H16O/c1-3-7-11(8-4-1)13-12-9-5-2-6-10-12;1-9(2)7-4-5-10(9,3)8(11)6-7/h1-10H;7H,4-6H2,1-3H3/q+1;. The highest BCUT2D eigenvalue weighted by Crippen LogP contribution is 2.63. The number of hydrogen-bond donors (Lipinski definition) is 0. The number of Topliss-reactive ketones (excluding diaryl/α,β-unsaturated/α-hetero) is 1. The van der Waals surface area contributed by atoms with E-state index in [-0.39, 0.29) is 32.0 Å². The van der Waals surface area contributed by atoms with E-state index >= 15 is 0 Å². The normalized spacial score (nSPS) is 26.8. The molecule has 2 aliphatic rings. The van der Waals surface area contributed by atoms with Gasteiger partial charge in [-0.3, -0.25) is 4.79 Å². The third-order valence-corrected chi connectivity index (χ3v) is 8.85. The fraction of sp³-hybridized carbons (Fsp3) is 0.409. The number of rotatable bonds is 2. The van der Waals surface area contributed by atoms with Crippen LogP contribution in [0, 0.1) is 23.9 Å². The average molecular weight is 433 g/mol. The number of carbonyl (C=O) groups excluding carboxylic acids is 1. The summed E-state index contributed by atoms with van der Waals surface area (Å²) in [6.45, 7) is 6.67. The van der Waals surface area contributed by atoms with Crippen LogP contribution < -0.4 is 21.2 Å². The van der Waals surface area contributed by atoms with Gasteiger partial charge in [-0.05, 0) is 48.4 Å². The molecule has 24 heavy (non-hydrogen) atoms. The summed E-state index contributed by atoms with van der Waals surface area (Å²) in [4.78, 5) is 11.6. The van der Waals surface area contributed by atoms with Gasteiger partial charge in [0.1, 0.15) is 5.78 Å². The first-order valence-corrected chi connectivity index (χ1v) is 10.9. The van der Waals surface area contributed by atoms with Crippen LogP contribution in [-0.4, -0.2) is 5.78 Å². The van der Waals surface area contributed by atoms with Crippen LogP contribution in [0.2, 0.25) is 0 Å². The lowest BCUT2D eigenvalue weighted by atomic mass is 9.70. The zero-order valence-electron chi connectivity index (χ0n) is 14.8. The van der Waals surface area contributed by atoms with Gasteiger partial charge in [-0.1, -0.05) is 57.2 Å². The van der Waals surface area contributed by atoms with Gasteiger partial charge in [0.25, 0.3) is 0 Å². The Morgan fingerprint density at radius 3 is 1.67 bits per heavy atom. The van der Waals surface area contributed by atoms with Crippen LogP contribution in [0.25, 0.3) is 0 Å². The Morgan fingerprint density at radius 1 is 0.875 bits per heavy atom. The molecule has 2 bridgehead atoms. The van der Waals surface area contributed by atoms with Crippen molar-refractivity contribution in [2.24, 2.45) is 16.7 Å². The quantitative estimate of drug-likeness (QED) is 0.664. The molecule has 0 radical (unpaired) electrons. The Bertz CT molecular complexity index is 655. The van der Waals surface area contributed by atoms with Gasteiger partial charge >= 0.3 is 21.2 Å². The van der Waals surface area contributed by atoms with Crippen LogP contribution in [0.15, 0.2) is 60.7 Å². The highest BCUT2D eigenvalue weighted by atomic mass is 127.